The Balaban J connectivity index is 1.55. The van der Waals surface area contributed by atoms with Gasteiger partial charge in [-0.2, -0.15) is 5.10 Å². The lowest BCUT2D eigenvalue weighted by Gasteiger charge is -2.39. The molecule has 1 saturated heterocycles. The number of aromatic nitrogens is 4. The van der Waals surface area contributed by atoms with Crippen LogP contribution in [0.1, 0.15) is 30.5 Å². The minimum Gasteiger partial charge on any atom is -0.355 e. The molecule has 0 bridgehead atoms. The van der Waals surface area contributed by atoms with E-state index < -0.39 is 0 Å². The van der Waals surface area contributed by atoms with Crippen LogP contribution in [-0.2, 0) is 12.8 Å². The molecule has 1 atom stereocenters. The van der Waals surface area contributed by atoms with Gasteiger partial charge in [-0.05, 0) is 44.2 Å². The van der Waals surface area contributed by atoms with Crippen molar-refractivity contribution in [1.29, 1.82) is 0 Å². The first kappa shape index (κ1) is 14.4. The lowest BCUT2D eigenvalue weighted by Crippen LogP contribution is -2.47. The number of rotatable bonds is 3. The van der Waals surface area contributed by atoms with Gasteiger partial charge in [0.2, 0.25) is 0 Å². The highest BCUT2D eigenvalue weighted by Crippen LogP contribution is 2.30. The Bertz CT molecular complexity index is 674. The minimum atomic E-state index is 0.449. The van der Waals surface area contributed by atoms with Crippen molar-refractivity contribution in [2.45, 2.75) is 38.1 Å². The Morgan fingerprint density at radius 3 is 3.04 bits per heavy atom. The number of hydrogen-bond donors (Lipinski definition) is 0. The van der Waals surface area contributed by atoms with E-state index in [1.54, 1.807) is 12.5 Å². The summed E-state index contributed by atoms with van der Waals surface area (Å²) in [4.78, 5) is 13.7. The number of hydrogen-bond acceptors (Lipinski definition) is 6. The summed E-state index contributed by atoms with van der Waals surface area (Å²) in [5.41, 5.74) is 2.59. The number of aryl methyl sites for hydroxylation is 1. The molecule has 1 aliphatic carbocycles. The summed E-state index contributed by atoms with van der Waals surface area (Å²) < 4.78 is 0. The topological polar surface area (TPSA) is 58.0 Å². The number of nitrogens with zero attached hydrogens (tertiary/aromatic N) is 6. The van der Waals surface area contributed by atoms with Crippen LogP contribution in [0.25, 0.3) is 0 Å². The van der Waals surface area contributed by atoms with E-state index in [1.807, 2.05) is 12.1 Å². The number of likely N-dealkylation sites (N-methyl/N-ethyl adjacent to an activating group) is 1. The molecule has 4 rings (SSSR count). The van der Waals surface area contributed by atoms with Gasteiger partial charge in [-0.25, -0.2) is 9.97 Å². The molecular weight excluding hydrogens is 288 g/mol. The highest BCUT2D eigenvalue weighted by Gasteiger charge is 2.28. The van der Waals surface area contributed by atoms with Gasteiger partial charge >= 0.3 is 0 Å². The fourth-order valence-corrected chi connectivity index (χ4v) is 3.76. The van der Waals surface area contributed by atoms with Crippen LogP contribution < -0.4 is 9.80 Å². The highest BCUT2D eigenvalue weighted by molar-refractivity contribution is 5.51. The van der Waals surface area contributed by atoms with Gasteiger partial charge in [0.05, 0.1) is 0 Å². The molecule has 23 heavy (non-hydrogen) atoms. The van der Waals surface area contributed by atoms with E-state index in [2.05, 4.69) is 37.0 Å². The van der Waals surface area contributed by atoms with Crippen molar-refractivity contribution >= 4 is 11.6 Å². The molecule has 0 aromatic carbocycles. The van der Waals surface area contributed by atoms with E-state index in [4.69, 9.17) is 0 Å². The molecule has 120 valence electrons. The summed E-state index contributed by atoms with van der Waals surface area (Å²) >= 11 is 0. The van der Waals surface area contributed by atoms with Crippen LogP contribution in [0.4, 0.5) is 11.6 Å². The van der Waals surface area contributed by atoms with Crippen LogP contribution >= 0.6 is 0 Å². The molecule has 0 spiro atoms. The minimum absolute atomic E-state index is 0.449. The van der Waals surface area contributed by atoms with E-state index in [1.165, 1.54) is 30.5 Å². The monoisotopic (exact) mass is 310 g/mol. The zero-order valence-electron chi connectivity index (χ0n) is 13.5. The lowest BCUT2D eigenvalue weighted by molar-refractivity contribution is 0.481. The Kier molecular flexibility index (Phi) is 3.81. The zero-order chi connectivity index (χ0) is 15.6. The average Bonchev–Trinajstić information content (AvgIpc) is 3.11. The summed E-state index contributed by atoms with van der Waals surface area (Å²) in [6.45, 7) is 2.01. The number of fused-ring (bicyclic) bond motifs is 1. The molecule has 6 nitrogen and oxygen atoms in total. The molecule has 0 N–H and O–H groups in total. The van der Waals surface area contributed by atoms with Gasteiger partial charge in [0, 0.05) is 43.6 Å². The van der Waals surface area contributed by atoms with Crippen LogP contribution in [-0.4, -0.2) is 46.3 Å². The SMILES string of the molecule is CN(c1ncnc2c1CCC2)[C@@H]1CCCN(c2cccnn2)C1. The maximum Gasteiger partial charge on any atom is 0.151 e. The molecule has 0 saturated carbocycles. The van der Waals surface area contributed by atoms with E-state index in [9.17, 15) is 0 Å². The van der Waals surface area contributed by atoms with Gasteiger partial charge in [0.1, 0.15) is 12.1 Å². The normalized spacial score (nSPS) is 20.4. The second kappa shape index (κ2) is 6.10. The smallest absolute Gasteiger partial charge is 0.151 e. The van der Waals surface area contributed by atoms with Crippen molar-refractivity contribution in [3.8, 4) is 0 Å². The van der Waals surface area contributed by atoms with Crippen LogP contribution in [0.2, 0.25) is 0 Å². The first-order valence-corrected chi connectivity index (χ1v) is 8.41. The molecule has 1 aliphatic heterocycles. The Hall–Kier alpha value is -2.24. The lowest BCUT2D eigenvalue weighted by atomic mass is 10.0. The van der Waals surface area contributed by atoms with E-state index in [0.717, 1.165) is 37.6 Å². The average molecular weight is 310 g/mol. The van der Waals surface area contributed by atoms with E-state index in [0.29, 0.717) is 6.04 Å². The Morgan fingerprint density at radius 2 is 2.17 bits per heavy atom. The summed E-state index contributed by atoms with van der Waals surface area (Å²) in [6.07, 6.45) is 9.20. The molecule has 0 radical (unpaired) electrons. The molecule has 2 aromatic heterocycles. The van der Waals surface area contributed by atoms with Gasteiger partial charge in [-0.1, -0.05) is 0 Å². The van der Waals surface area contributed by atoms with E-state index >= 15 is 0 Å². The Morgan fingerprint density at radius 1 is 1.22 bits per heavy atom. The summed E-state index contributed by atoms with van der Waals surface area (Å²) in [5.74, 6) is 2.09. The van der Waals surface area contributed by atoms with Crippen molar-refractivity contribution < 1.29 is 0 Å². The molecule has 0 unspecified atom stereocenters. The fourth-order valence-electron chi connectivity index (χ4n) is 3.76. The van der Waals surface area contributed by atoms with Crippen molar-refractivity contribution in [3.63, 3.8) is 0 Å². The molecule has 6 heteroatoms. The van der Waals surface area contributed by atoms with Crippen molar-refractivity contribution in [3.05, 3.63) is 35.9 Å². The molecule has 1 fully saturated rings. The van der Waals surface area contributed by atoms with Crippen LogP contribution in [0.5, 0.6) is 0 Å². The standard InChI is InChI=1S/C17H22N6/c1-22(17-14-6-2-7-15(14)18-12-19-17)13-5-4-10-23(11-13)16-8-3-9-20-21-16/h3,8-9,12-13H,2,4-7,10-11H2,1H3/t13-/m1/s1. The largest absolute Gasteiger partial charge is 0.355 e. The maximum absolute atomic E-state index is 4.59. The number of piperidine rings is 1. The third-order valence-electron chi connectivity index (χ3n) is 5.01. The third kappa shape index (κ3) is 2.73. The third-order valence-corrected chi connectivity index (χ3v) is 5.01. The fraction of sp³-hybridized carbons (Fsp3) is 0.529. The van der Waals surface area contributed by atoms with Crippen LogP contribution in [0.3, 0.4) is 0 Å². The van der Waals surface area contributed by atoms with E-state index in [-0.39, 0.29) is 0 Å². The summed E-state index contributed by atoms with van der Waals surface area (Å²) in [6, 6.07) is 4.44. The van der Waals surface area contributed by atoms with Gasteiger partial charge in [0.15, 0.2) is 5.82 Å². The van der Waals surface area contributed by atoms with Crippen LogP contribution in [0, 0.1) is 0 Å². The van der Waals surface area contributed by atoms with Gasteiger partial charge < -0.3 is 9.80 Å². The van der Waals surface area contributed by atoms with Gasteiger partial charge in [0.25, 0.3) is 0 Å². The van der Waals surface area contributed by atoms with Gasteiger partial charge in [-0.15, -0.1) is 5.10 Å². The van der Waals surface area contributed by atoms with Gasteiger partial charge in [-0.3, -0.25) is 0 Å². The molecule has 2 aromatic rings. The predicted molar refractivity (Wildman–Crippen MR) is 89.7 cm³/mol. The second-order valence-electron chi connectivity index (χ2n) is 6.41. The molecular formula is C17H22N6. The zero-order valence-corrected chi connectivity index (χ0v) is 13.5. The highest BCUT2D eigenvalue weighted by atomic mass is 15.3. The molecule has 3 heterocycles. The summed E-state index contributed by atoms with van der Waals surface area (Å²) in [7, 11) is 2.17. The van der Waals surface area contributed by atoms with Crippen molar-refractivity contribution in [2.75, 3.05) is 29.9 Å². The van der Waals surface area contributed by atoms with Crippen LogP contribution in [0.15, 0.2) is 24.7 Å². The quantitative estimate of drug-likeness (QED) is 0.862. The number of anilines is 2. The second-order valence-corrected chi connectivity index (χ2v) is 6.41. The predicted octanol–water partition coefficient (Wildman–Crippen LogP) is 1.86. The van der Waals surface area contributed by atoms with Crippen molar-refractivity contribution in [1.82, 2.24) is 20.2 Å². The molecule has 2 aliphatic rings. The summed E-state index contributed by atoms with van der Waals surface area (Å²) in [5, 5.41) is 8.27. The maximum atomic E-state index is 4.59. The van der Waals surface area contributed by atoms with Crippen molar-refractivity contribution in [2.24, 2.45) is 0 Å². The Labute approximate surface area is 136 Å². The molecule has 0 amide bonds. The first-order chi connectivity index (χ1) is 11.3. The first-order valence-electron chi connectivity index (χ1n) is 8.41.